The lowest BCUT2D eigenvalue weighted by molar-refractivity contribution is 0.111. The third-order valence-electron chi connectivity index (χ3n) is 4.60. The Balaban J connectivity index is 1.89. The summed E-state index contributed by atoms with van der Waals surface area (Å²) >= 11 is 1.66. The van der Waals surface area contributed by atoms with Gasteiger partial charge in [-0.05, 0) is 25.2 Å². The number of hydrogen-bond donors (Lipinski definition) is 0. The van der Waals surface area contributed by atoms with Crippen LogP contribution < -0.4 is 9.47 Å². The molecule has 2 aromatic heterocycles. The molecule has 3 heterocycles. The summed E-state index contributed by atoms with van der Waals surface area (Å²) in [5.74, 6) is 1.28. The van der Waals surface area contributed by atoms with Crippen LogP contribution in [-0.4, -0.2) is 48.4 Å². The summed E-state index contributed by atoms with van der Waals surface area (Å²) in [7, 11) is 5.31. The highest BCUT2D eigenvalue weighted by Crippen LogP contribution is 2.36. The van der Waals surface area contributed by atoms with E-state index in [4.69, 9.17) is 14.5 Å². The maximum Gasteiger partial charge on any atom is 0.195 e. The number of rotatable bonds is 4. The zero-order valence-electron chi connectivity index (χ0n) is 14.4. The number of aromatic nitrogens is 2. The van der Waals surface area contributed by atoms with E-state index in [1.165, 1.54) is 10.6 Å². The molecular weight excluding hydrogens is 338 g/mol. The minimum Gasteiger partial charge on any atom is -0.493 e. The van der Waals surface area contributed by atoms with Crippen LogP contribution in [0.15, 0.2) is 18.2 Å². The Kier molecular flexibility index (Phi) is 3.97. The number of nitrogens with zero attached hydrogens (tertiary/aromatic N) is 3. The molecule has 0 saturated heterocycles. The Hall–Kier alpha value is -2.38. The van der Waals surface area contributed by atoms with Gasteiger partial charge in [0.1, 0.15) is 11.4 Å². The second-order valence-electron chi connectivity index (χ2n) is 6.11. The monoisotopic (exact) mass is 357 g/mol. The van der Waals surface area contributed by atoms with E-state index in [1.807, 2.05) is 22.6 Å². The van der Waals surface area contributed by atoms with Gasteiger partial charge in [-0.1, -0.05) is 11.3 Å². The number of ether oxygens (including phenoxy) is 2. The molecule has 4 rings (SSSR count). The van der Waals surface area contributed by atoms with E-state index in [-0.39, 0.29) is 0 Å². The highest BCUT2D eigenvalue weighted by molar-refractivity contribution is 7.17. The standard InChI is InChI=1S/C18H19N3O3S/c1-20-7-6-12-16(9-20)25-18-19-17(13(10-22)21(12)18)11-4-5-14(23-2)15(8-11)24-3/h4-5,8,10H,6-7,9H2,1-3H3. The number of benzene rings is 1. The fraction of sp³-hybridized carbons (Fsp3) is 0.333. The van der Waals surface area contributed by atoms with Gasteiger partial charge < -0.3 is 14.4 Å². The zero-order chi connectivity index (χ0) is 17.6. The fourth-order valence-corrected chi connectivity index (χ4v) is 4.59. The highest BCUT2D eigenvalue weighted by atomic mass is 32.1. The summed E-state index contributed by atoms with van der Waals surface area (Å²) in [6.45, 7) is 1.90. The SMILES string of the molecule is COc1ccc(-c2nc3sc4c(n3c2C=O)CCN(C)C4)cc1OC. The van der Waals surface area contributed by atoms with Gasteiger partial charge in [0, 0.05) is 35.6 Å². The molecule has 0 spiro atoms. The van der Waals surface area contributed by atoms with Gasteiger partial charge in [-0.25, -0.2) is 4.98 Å². The van der Waals surface area contributed by atoms with E-state index in [0.29, 0.717) is 22.9 Å². The van der Waals surface area contributed by atoms with Gasteiger partial charge in [-0.15, -0.1) is 0 Å². The Bertz CT molecular complexity index is 960. The van der Waals surface area contributed by atoms with Crippen LogP contribution in [0, 0.1) is 0 Å². The number of carbonyl (C=O) groups excluding carboxylic acids is 1. The average molecular weight is 357 g/mol. The molecule has 1 aliphatic heterocycles. The van der Waals surface area contributed by atoms with Crippen molar-refractivity contribution in [1.29, 1.82) is 0 Å². The Labute approximate surface area is 149 Å². The molecule has 1 aromatic carbocycles. The lowest BCUT2D eigenvalue weighted by Crippen LogP contribution is -2.26. The molecule has 0 aliphatic carbocycles. The number of carbonyl (C=O) groups is 1. The van der Waals surface area contributed by atoms with Gasteiger partial charge in [0.15, 0.2) is 22.7 Å². The smallest absolute Gasteiger partial charge is 0.195 e. The fourth-order valence-electron chi connectivity index (χ4n) is 3.34. The van der Waals surface area contributed by atoms with E-state index in [1.54, 1.807) is 25.6 Å². The summed E-state index contributed by atoms with van der Waals surface area (Å²) in [5.41, 5.74) is 3.34. The van der Waals surface area contributed by atoms with Gasteiger partial charge in [-0.3, -0.25) is 9.20 Å². The first-order valence-corrected chi connectivity index (χ1v) is 8.87. The average Bonchev–Trinajstić information content (AvgIpc) is 3.15. The second-order valence-corrected chi connectivity index (χ2v) is 7.17. The van der Waals surface area contributed by atoms with E-state index in [0.717, 1.165) is 36.3 Å². The molecule has 130 valence electrons. The minimum atomic E-state index is 0.601. The molecule has 0 N–H and O–H groups in total. The quantitative estimate of drug-likeness (QED) is 0.672. The number of methoxy groups -OCH3 is 2. The minimum absolute atomic E-state index is 0.601. The predicted molar refractivity (Wildman–Crippen MR) is 97.0 cm³/mol. The van der Waals surface area contributed by atoms with Crippen molar-refractivity contribution in [3.63, 3.8) is 0 Å². The van der Waals surface area contributed by atoms with Crippen LogP contribution in [0.1, 0.15) is 21.1 Å². The molecule has 0 bridgehead atoms. The third kappa shape index (κ3) is 2.51. The van der Waals surface area contributed by atoms with Crippen LogP contribution >= 0.6 is 11.3 Å². The number of thiazole rings is 1. The Morgan fingerprint density at radius 2 is 2.04 bits per heavy atom. The number of aldehydes is 1. The van der Waals surface area contributed by atoms with Gasteiger partial charge >= 0.3 is 0 Å². The van der Waals surface area contributed by atoms with Gasteiger partial charge in [0.05, 0.1) is 14.2 Å². The molecule has 0 atom stereocenters. The van der Waals surface area contributed by atoms with Crippen molar-refractivity contribution in [3.8, 4) is 22.8 Å². The van der Waals surface area contributed by atoms with Crippen molar-refractivity contribution in [2.45, 2.75) is 13.0 Å². The molecule has 25 heavy (non-hydrogen) atoms. The van der Waals surface area contributed by atoms with Crippen LogP contribution in [0.25, 0.3) is 16.2 Å². The van der Waals surface area contributed by atoms with Crippen molar-refractivity contribution < 1.29 is 14.3 Å². The number of imidazole rings is 1. The van der Waals surface area contributed by atoms with Gasteiger partial charge in [0.2, 0.25) is 0 Å². The summed E-state index contributed by atoms with van der Waals surface area (Å²) in [6, 6.07) is 5.60. The normalized spacial score (nSPS) is 14.5. The molecular formula is C18H19N3O3S. The first-order chi connectivity index (χ1) is 12.2. The Morgan fingerprint density at radius 1 is 1.24 bits per heavy atom. The first-order valence-electron chi connectivity index (χ1n) is 8.05. The predicted octanol–water partition coefficient (Wildman–Crippen LogP) is 2.88. The lowest BCUT2D eigenvalue weighted by atomic mass is 10.1. The largest absolute Gasteiger partial charge is 0.493 e. The molecule has 7 heteroatoms. The van der Waals surface area contributed by atoms with Crippen molar-refractivity contribution in [1.82, 2.24) is 14.3 Å². The summed E-state index contributed by atoms with van der Waals surface area (Å²) in [5, 5.41) is 0. The van der Waals surface area contributed by atoms with E-state index in [9.17, 15) is 4.79 Å². The van der Waals surface area contributed by atoms with Crippen LogP contribution in [0.5, 0.6) is 11.5 Å². The number of hydrogen-bond acceptors (Lipinski definition) is 6. The summed E-state index contributed by atoms with van der Waals surface area (Å²) < 4.78 is 12.7. The van der Waals surface area contributed by atoms with Crippen molar-refractivity contribution in [2.75, 3.05) is 27.8 Å². The summed E-state index contributed by atoms with van der Waals surface area (Å²) in [4.78, 5) is 21.1. The van der Waals surface area contributed by atoms with Crippen molar-refractivity contribution >= 4 is 22.6 Å². The molecule has 0 radical (unpaired) electrons. The molecule has 0 fully saturated rings. The van der Waals surface area contributed by atoms with Crippen LogP contribution in [0.2, 0.25) is 0 Å². The third-order valence-corrected chi connectivity index (χ3v) is 5.67. The van der Waals surface area contributed by atoms with Crippen LogP contribution in [0.3, 0.4) is 0 Å². The van der Waals surface area contributed by atoms with E-state index < -0.39 is 0 Å². The molecule has 6 nitrogen and oxygen atoms in total. The Morgan fingerprint density at radius 3 is 2.76 bits per heavy atom. The molecule has 1 aliphatic rings. The molecule has 0 amide bonds. The topological polar surface area (TPSA) is 56.1 Å². The van der Waals surface area contributed by atoms with Gasteiger partial charge in [-0.2, -0.15) is 0 Å². The summed E-state index contributed by atoms with van der Waals surface area (Å²) in [6.07, 6.45) is 1.83. The van der Waals surface area contributed by atoms with E-state index >= 15 is 0 Å². The number of likely N-dealkylation sites (N-methyl/N-ethyl adjacent to an activating group) is 1. The van der Waals surface area contributed by atoms with Crippen molar-refractivity contribution in [3.05, 3.63) is 34.5 Å². The van der Waals surface area contributed by atoms with E-state index in [2.05, 4.69) is 11.9 Å². The number of fused-ring (bicyclic) bond motifs is 3. The first kappa shape index (κ1) is 16.1. The maximum atomic E-state index is 11.9. The highest BCUT2D eigenvalue weighted by Gasteiger charge is 2.24. The molecule has 3 aromatic rings. The second kappa shape index (κ2) is 6.16. The molecule has 0 saturated carbocycles. The zero-order valence-corrected chi connectivity index (χ0v) is 15.2. The van der Waals surface area contributed by atoms with Crippen molar-refractivity contribution in [2.24, 2.45) is 0 Å². The lowest BCUT2D eigenvalue weighted by Gasteiger charge is -2.21. The van der Waals surface area contributed by atoms with Crippen LogP contribution in [-0.2, 0) is 13.0 Å². The maximum absolute atomic E-state index is 11.9. The van der Waals surface area contributed by atoms with Crippen LogP contribution in [0.4, 0.5) is 0 Å². The van der Waals surface area contributed by atoms with Gasteiger partial charge in [0.25, 0.3) is 0 Å². The molecule has 0 unspecified atom stereocenters.